The average Bonchev–Trinajstić information content (AvgIpc) is 2.47. The monoisotopic (exact) mass is 429 g/mol. The maximum Gasteiger partial charge on any atom is 0.191 e. The molecule has 0 aromatic rings. The van der Waals surface area contributed by atoms with Crippen LogP contribution in [0.1, 0.15) is 25.7 Å². The molecule has 1 fully saturated rings. The Morgan fingerprint density at radius 3 is 2.32 bits per heavy atom. The first-order valence-corrected chi connectivity index (χ1v) is 7.76. The van der Waals surface area contributed by atoms with E-state index >= 15 is 0 Å². The molecule has 2 N–H and O–H groups in total. The van der Waals surface area contributed by atoms with Crippen LogP contribution in [0.4, 0.5) is 0 Å². The Hall–Kier alpha value is -0.120. The molecule has 0 aromatic carbocycles. The molecule has 6 nitrogen and oxygen atoms in total. The normalized spacial score (nSPS) is 16.6. The molecule has 0 bridgehead atoms. The van der Waals surface area contributed by atoms with E-state index in [-0.39, 0.29) is 24.0 Å². The summed E-state index contributed by atoms with van der Waals surface area (Å²) < 4.78 is 15.6. The highest BCUT2D eigenvalue weighted by atomic mass is 127. The summed E-state index contributed by atoms with van der Waals surface area (Å²) in [7, 11) is 5.24. The second kappa shape index (κ2) is 13.3. The van der Waals surface area contributed by atoms with E-state index < -0.39 is 0 Å². The van der Waals surface area contributed by atoms with Crippen LogP contribution in [0.25, 0.3) is 0 Å². The summed E-state index contributed by atoms with van der Waals surface area (Å²) in [4.78, 5) is 4.25. The lowest BCUT2D eigenvalue weighted by Gasteiger charge is -2.42. The Morgan fingerprint density at radius 1 is 1.05 bits per heavy atom. The van der Waals surface area contributed by atoms with Gasteiger partial charge in [0, 0.05) is 41.0 Å². The molecule has 0 unspecified atom stereocenters. The summed E-state index contributed by atoms with van der Waals surface area (Å²) in [6.45, 7) is 4.45. The summed E-state index contributed by atoms with van der Waals surface area (Å²) in [5, 5.41) is 6.69. The van der Waals surface area contributed by atoms with Gasteiger partial charge in [-0.15, -0.1) is 24.0 Å². The van der Waals surface area contributed by atoms with E-state index in [2.05, 4.69) is 15.6 Å². The molecule has 0 aromatic heterocycles. The van der Waals surface area contributed by atoms with Crippen LogP contribution in [0.3, 0.4) is 0 Å². The van der Waals surface area contributed by atoms with Gasteiger partial charge >= 0.3 is 0 Å². The molecule has 0 radical (unpaired) electrons. The molecule has 0 saturated heterocycles. The fourth-order valence-electron chi connectivity index (χ4n) is 2.49. The van der Waals surface area contributed by atoms with Gasteiger partial charge in [-0.1, -0.05) is 6.42 Å². The third-order valence-electron chi connectivity index (χ3n) is 4.08. The van der Waals surface area contributed by atoms with Gasteiger partial charge in [-0.3, -0.25) is 4.99 Å². The highest BCUT2D eigenvalue weighted by Gasteiger charge is 2.36. The fraction of sp³-hybridized carbons (Fsp3) is 0.933. The quantitative estimate of drug-likeness (QED) is 0.226. The van der Waals surface area contributed by atoms with Gasteiger partial charge in [0.25, 0.3) is 0 Å². The zero-order valence-corrected chi connectivity index (χ0v) is 16.5. The van der Waals surface area contributed by atoms with E-state index in [1.165, 1.54) is 19.3 Å². The van der Waals surface area contributed by atoms with Crippen LogP contribution in [0, 0.1) is 5.41 Å². The minimum absolute atomic E-state index is 0. The zero-order valence-electron chi connectivity index (χ0n) is 14.2. The molecular weight excluding hydrogens is 397 g/mol. The molecule has 0 amide bonds. The van der Waals surface area contributed by atoms with Crippen molar-refractivity contribution in [3.63, 3.8) is 0 Å². The molecule has 22 heavy (non-hydrogen) atoms. The average molecular weight is 429 g/mol. The summed E-state index contributed by atoms with van der Waals surface area (Å²) in [6, 6.07) is 0. The number of nitrogens with zero attached hydrogens (tertiary/aromatic N) is 1. The lowest BCUT2D eigenvalue weighted by atomic mass is 9.67. The van der Waals surface area contributed by atoms with Crippen molar-refractivity contribution in [2.75, 3.05) is 60.8 Å². The minimum Gasteiger partial charge on any atom is -0.385 e. The van der Waals surface area contributed by atoms with Crippen LogP contribution in [-0.2, 0) is 14.2 Å². The number of rotatable bonds is 11. The predicted molar refractivity (Wildman–Crippen MR) is 100 cm³/mol. The minimum atomic E-state index is 0. The van der Waals surface area contributed by atoms with Crippen molar-refractivity contribution in [2.45, 2.75) is 25.7 Å². The molecule has 1 saturated carbocycles. The first-order chi connectivity index (χ1) is 10.3. The third kappa shape index (κ3) is 8.50. The lowest BCUT2D eigenvalue weighted by molar-refractivity contribution is 0.0714. The summed E-state index contributed by atoms with van der Waals surface area (Å²) in [6.07, 6.45) is 5.00. The van der Waals surface area contributed by atoms with Crippen molar-refractivity contribution in [3.05, 3.63) is 0 Å². The van der Waals surface area contributed by atoms with Crippen molar-refractivity contribution in [3.8, 4) is 0 Å². The van der Waals surface area contributed by atoms with Crippen molar-refractivity contribution in [1.82, 2.24) is 10.6 Å². The first kappa shape index (κ1) is 21.9. The van der Waals surface area contributed by atoms with Gasteiger partial charge in [0.2, 0.25) is 0 Å². The first-order valence-electron chi connectivity index (χ1n) is 7.76. The van der Waals surface area contributed by atoms with Crippen LogP contribution >= 0.6 is 24.0 Å². The number of halogens is 1. The van der Waals surface area contributed by atoms with Crippen LogP contribution < -0.4 is 10.6 Å². The van der Waals surface area contributed by atoms with Gasteiger partial charge in [0.05, 0.1) is 19.8 Å². The molecule has 0 heterocycles. The van der Waals surface area contributed by atoms with Crippen molar-refractivity contribution in [2.24, 2.45) is 10.4 Å². The predicted octanol–water partition coefficient (Wildman–Crippen LogP) is 1.64. The second-order valence-corrected chi connectivity index (χ2v) is 5.55. The molecule has 0 atom stereocenters. The molecule has 0 spiro atoms. The van der Waals surface area contributed by atoms with E-state index in [1.54, 1.807) is 21.3 Å². The molecule has 0 aliphatic heterocycles. The van der Waals surface area contributed by atoms with Gasteiger partial charge in [-0.05, 0) is 24.7 Å². The number of guanidine groups is 1. The summed E-state index contributed by atoms with van der Waals surface area (Å²) in [5.74, 6) is 0.842. The van der Waals surface area contributed by atoms with Crippen LogP contribution in [0.5, 0.6) is 0 Å². The molecular formula is C15H32IN3O3. The second-order valence-electron chi connectivity index (χ2n) is 5.55. The highest BCUT2D eigenvalue weighted by molar-refractivity contribution is 14.0. The maximum atomic E-state index is 5.41. The summed E-state index contributed by atoms with van der Waals surface area (Å²) in [5.41, 5.74) is 0.391. The zero-order chi connectivity index (χ0) is 15.4. The van der Waals surface area contributed by atoms with Gasteiger partial charge in [-0.2, -0.15) is 0 Å². The SMILES string of the molecule is CN=C(NCCOCCOC)NCC1(CCOC)CCC1.I. The molecule has 1 rings (SSSR count). The van der Waals surface area contributed by atoms with Gasteiger partial charge < -0.3 is 24.8 Å². The number of hydrogen-bond donors (Lipinski definition) is 2. The van der Waals surface area contributed by atoms with E-state index in [0.717, 1.165) is 32.1 Å². The summed E-state index contributed by atoms with van der Waals surface area (Å²) >= 11 is 0. The van der Waals surface area contributed by atoms with Crippen molar-refractivity contribution >= 4 is 29.9 Å². The Kier molecular flexibility index (Phi) is 13.3. The van der Waals surface area contributed by atoms with E-state index in [1.807, 2.05) is 0 Å². The number of ether oxygens (including phenoxy) is 3. The molecule has 1 aliphatic carbocycles. The Labute approximate surface area is 151 Å². The topological polar surface area (TPSA) is 64.1 Å². The van der Waals surface area contributed by atoms with Gasteiger partial charge in [0.1, 0.15) is 0 Å². The third-order valence-corrected chi connectivity index (χ3v) is 4.08. The van der Waals surface area contributed by atoms with Crippen LogP contribution in [0.15, 0.2) is 4.99 Å². The smallest absolute Gasteiger partial charge is 0.191 e. The number of methoxy groups -OCH3 is 2. The number of aliphatic imine (C=N–C) groups is 1. The Balaban J connectivity index is 0.00000441. The van der Waals surface area contributed by atoms with Gasteiger partial charge in [0.15, 0.2) is 5.96 Å². The molecule has 132 valence electrons. The fourth-order valence-corrected chi connectivity index (χ4v) is 2.49. The number of hydrogen-bond acceptors (Lipinski definition) is 4. The van der Waals surface area contributed by atoms with E-state index in [0.29, 0.717) is 25.2 Å². The van der Waals surface area contributed by atoms with Crippen molar-refractivity contribution in [1.29, 1.82) is 0 Å². The molecule has 1 aliphatic rings. The van der Waals surface area contributed by atoms with Gasteiger partial charge in [-0.25, -0.2) is 0 Å². The lowest BCUT2D eigenvalue weighted by Crippen LogP contribution is -2.47. The van der Waals surface area contributed by atoms with Crippen molar-refractivity contribution < 1.29 is 14.2 Å². The van der Waals surface area contributed by atoms with E-state index in [4.69, 9.17) is 14.2 Å². The molecule has 7 heteroatoms. The maximum absolute atomic E-state index is 5.41. The highest BCUT2D eigenvalue weighted by Crippen LogP contribution is 2.43. The van der Waals surface area contributed by atoms with E-state index in [9.17, 15) is 0 Å². The van der Waals surface area contributed by atoms with Crippen LogP contribution in [0.2, 0.25) is 0 Å². The standard InChI is InChI=1S/C15H31N3O3.HI/c1-16-14(17-8-10-21-12-11-20-3)18-13-15(5-4-6-15)7-9-19-2;/h4-13H2,1-3H3,(H2,16,17,18);1H. The Morgan fingerprint density at radius 2 is 1.77 bits per heavy atom. The Bertz CT molecular complexity index is 300. The number of nitrogens with one attached hydrogen (secondary N) is 2. The van der Waals surface area contributed by atoms with Crippen LogP contribution in [-0.4, -0.2) is 66.7 Å². The largest absolute Gasteiger partial charge is 0.385 e.